The van der Waals surface area contributed by atoms with Crippen LogP contribution in [0.5, 0.6) is 0 Å². The minimum atomic E-state index is -0.524. The Balaban J connectivity index is 2.12. The zero-order chi connectivity index (χ0) is 19.1. The van der Waals surface area contributed by atoms with Crippen molar-refractivity contribution >= 4 is 27.7 Å². The predicted molar refractivity (Wildman–Crippen MR) is 108 cm³/mol. The molecule has 0 aliphatic rings. The molecule has 1 N–H and O–H groups in total. The highest BCUT2D eigenvalue weighted by Crippen LogP contribution is 2.17. The van der Waals surface area contributed by atoms with Crippen LogP contribution in [0.25, 0.3) is 0 Å². The van der Waals surface area contributed by atoms with Crippen molar-refractivity contribution in [3.63, 3.8) is 0 Å². The van der Waals surface area contributed by atoms with Gasteiger partial charge >= 0.3 is 0 Å². The van der Waals surface area contributed by atoms with E-state index in [1.807, 2.05) is 55.5 Å². The topological polar surface area (TPSA) is 49.4 Å². The molecule has 0 aromatic heterocycles. The fourth-order valence-corrected chi connectivity index (χ4v) is 3.22. The molecular weight excluding hydrogens is 392 g/mol. The molecule has 2 aromatic rings. The van der Waals surface area contributed by atoms with Gasteiger partial charge in [0.25, 0.3) is 0 Å². The Labute approximate surface area is 163 Å². The molecule has 138 valence electrons. The number of hydrogen-bond acceptors (Lipinski definition) is 2. The molecule has 2 amide bonds. The maximum Gasteiger partial charge on any atom is 0.242 e. The minimum Gasteiger partial charge on any atom is -0.357 e. The van der Waals surface area contributed by atoms with Gasteiger partial charge in [0.05, 0.1) is 0 Å². The van der Waals surface area contributed by atoms with Crippen LogP contribution in [0.2, 0.25) is 0 Å². The number of hydrogen-bond donors (Lipinski definition) is 1. The number of aryl methyl sites for hydroxylation is 2. The Kier molecular flexibility index (Phi) is 7.39. The highest BCUT2D eigenvalue weighted by molar-refractivity contribution is 9.10. The highest BCUT2D eigenvalue weighted by atomic mass is 79.9. The summed E-state index contributed by atoms with van der Waals surface area (Å²) in [6.45, 7) is 4.21. The molecule has 0 saturated heterocycles. The lowest BCUT2D eigenvalue weighted by Gasteiger charge is -2.28. The number of nitrogens with zero attached hydrogens (tertiary/aromatic N) is 1. The summed E-state index contributed by atoms with van der Waals surface area (Å²) in [5, 5.41) is 2.64. The number of amides is 2. The Morgan fingerprint density at radius 2 is 1.81 bits per heavy atom. The van der Waals surface area contributed by atoms with Crippen molar-refractivity contribution in [3.8, 4) is 0 Å². The van der Waals surface area contributed by atoms with E-state index in [4.69, 9.17) is 0 Å². The molecule has 2 rings (SSSR count). The van der Waals surface area contributed by atoms with E-state index in [-0.39, 0.29) is 11.8 Å². The third-order valence-corrected chi connectivity index (χ3v) is 4.90. The quantitative estimate of drug-likeness (QED) is 0.744. The standard InChI is InChI=1S/C21H25BrN2O2/c1-15-7-9-17(10-8-15)11-12-20(25)24(16(2)21(26)23-3)14-18-5-4-6-19(22)13-18/h4-10,13,16H,11-12,14H2,1-3H3,(H,23,26)/t16-/m0/s1. The van der Waals surface area contributed by atoms with Gasteiger partial charge in [-0.15, -0.1) is 0 Å². The second kappa shape index (κ2) is 9.53. The third-order valence-electron chi connectivity index (χ3n) is 4.40. The monoisotopic (exact) mass is 416 g/mol. The van der Waals surface area contributed by atoms with Crippen LogP contribution in [0.3, 0.4) is 0 Å². The first-order valence-corrected chi connectivity index (χ1v) is 9.51. The number of benzene rings is 2. The van der Waals surface area contributed by atoms with Crippen molar-refractivity contribution in [1.29, 1.82) is 0 Å². The summed E-state index contributed by atoms with van der Waals surface area (Å²) in [4.78, 5) is 26.6. The Hall–Kier alpha value is -2.14. The van der Waals surface area contributed by atoms with Gasteiger partial charge in [0.1, 0.15) is 6.04 Å². The molecule has 5 heteroatoms. The average Bonchev–Trinajstić information content (AvgIpc) is 2.64. The number of likely N-dealkylation sites (N-methyl/N-ethyl adjacent to an activating group) is 1. The van der Waals surface area contributed by atoms with Gasteiger partial charge in [-0.25, -0.2) is 0 Å². The molecule has 0 aliphatic heterocycles. The molecule has 0 fully saturated rings. The van der Waals surface area contributed by atoms with Crippen molar-refractivity contribution in [2.24, 2.45) is 0 Å². The zero-order valence-corrected chi connectivity index (χ0v) is 17.0. The van der Waals surface area contributed by atoms with E-state index in [2.05, 4.69) is 21.2 Å². The third kappa shape index (κ3) is 5.70. The molecular formula is C21H25BrN2O2. The number of halogens is 1. The van der Waals surface area contributed by atoms with E-state index in [0.29, 0.717) is 19.4 Å². The van der Waals surface area contributed by atoms with Crippen molar-refractivity contribution in [2.45, 2.75) is 39.3 Å². The summed E-state index contributed by atoms with van der Waals surface area (Å²) in [6, 6.07) is 15.5. The first-order chi connectivity index (χ1) is 12.4. The Bertz CT molecular complexity index is 759. The van der Waals surface area contributed by atoms with Crippen LogP contribution in [-0.4, -0.2) is 29.8 Å². The summed E-state index contributed by atoms with van der Waals surface area (Å²) in [5.41, 5.74) is 3.31. The summed E-state index contributed by atoms with van der Waals surface area (Å²) in [5.74, 6) is -0.190. The molecule has 2 aromatic carbocycles. The van der Waals surface area contributed by atoms with Crippen LogP contribution in [0, 0.1) is 6.92 Å². The van der Waals surface area contributed by atoms with Gasteiger partial charge in [-0.3, -0.25) is 9.59 Å². The van der Waals surface area contributed by atoms with Crippen LogP contribution >= 0.6 is 15.9 Å². The lowest BCUT2D eigenvalue weighted by molar-refractivity contribution is -0.140. The minimum absolute atomic E-state index is 0.0262. The fourth-order valence-electron chi connectivity index (χ4n) is 2.77. The number of rotatable bonds is 7. The second-order valence-corrected chi connectivity index (χ2v) is 7.34. The number of carbonyl (C=O) groups excluding carboxylic acids is 2. The molecule has 0 bridgehead atoms. The summed E-state index contributed by atoms with van der Waals surface area (Å²) >= 11 is 3.45. The van der Waals surface area contributed by atoms with E-state index in [0.717, 1.165) is 15.6 Å². The van der Waals surface area contributed by atoms with Gasteiger partial charge in [-0.2, -0.15) is 0 Å². The van der Waals surface area contributed by atoms with Gasteiger partial charge in [-0.05, 0) is 43.5 Å². The number of nitrogens with one attached hydrogen (secondary N) is 1. The van der Waals surface area contributed by atoms with Gasteiger partial charge < -0.3 is 10.2 Å². The van der Waals surface area contributed by atoms with Gasteiger partial charge in [-0.1, -0.05) is 57.9 Å². The highest BCUT2D eigenvalue weighted by Gasteiger charge is 2.25. The van der Waals surface area contributed by atoms with Crippen molar-refractivity contribution in [3.05, 3.63) is 69.7 Å². The SMILES string of the molecule is CNC(=O)[C@H](C)N(Cc1cccc(Br)c1)C(=O)CCc1ccc(C)cc1. The first kappa shape index (κ1) is 20.2. The maximum atomic E-state index is 12.9. The fraction of sp³-hybridized carbons (Fsp3) is 0.333. The summed E-state index contributed by atoms with van der Waals surface area (Å²) in [7, 11) is 1.59. The zero-order valence-electron chi connectivity index (χ0n) is 15.5. The van der Waals surface area contributed by atoms with Crippen LogP contribution in [0.1, 0.15) is 30.0 Å². The van der Waals surface area contributed by atoms with E-state index in [1.165, 1.54) is 5.56 Å². The Morgan fingerprint density at radius 3 is 2.42 bits per heavy atom. The molecule has 26 heavy (non-hydrogen) atoms. The Morgan fingerprint density at radius 1 is 1.12 bits per heavy atom. The first-order valence-electron chi connectivity index (χ1n) is 8.71. The predicted octanol–water partition coefficient (Wildman–Crippen LogP) is 3.85. The molecule has 0 aliphatic carbocycles. The van der Waals surface area contributed by atoms with Gasteiger partial charge in [0.2, 0.25) is 11.8 Å². The molecule has 1 atom stereocenters. The van der Waals surface area contributed by atoms with E-state index in [9.17, 15) is 9.59 Å². The van der Waals surface area contributed by atoms with Crippen LogP contribution in [0.15, 0.2) is 53.0 Å². The normalized spacial score (nSPS) is 11.7. The van der Waals surface area contributed by atoms with E-state index < -0.39 is 6.04 Å². The largest absolute Gasteiger partial charge is 0.357 e. The maximum absolute atomic E-state index is 12.9. The smallest absolute Gasteiger partial charge is 0.242 e. The van der Waals surface area contributed by atoms with Crippen molar-refractivity contribution in [1.82, 2.24) is 10.2 Å². The van der Waals surface area contributed by atoms with E-state index in [1.54, 1.807) is 18.9 Å². The summed E-state index contributed by atoms with van der Waals surface area (Å²) < 4.78 is 0.953. The lowest BCUT2D eigenvalue weighted by Crippen LogP contribution is -2.46. The van der Waals surface area contributed by atoms with E-state index >= 15 is 0 Å². The van der Waals surface area contributed by atoms with Crippen LogP contribution in [-0.2, 0) is 22.6 Å². The summed E-state index contributed by atoms with van der Waals surface area (Å²) in [6.07, 6.45) is 1.03. The second-order valence-electron chi connectivity index (χ2n) is 6.43. The lowest BCUT2D eigenvalue weighted by atomic mass is 10.1. The van der Waals surface area contributed by atoms with Gasteiger partial charge in [0.15, 0.2) is 0 Å². The molecule has 0 saturated carbocycles. The van der Waals surface area contributed by atoms with Crippen LogP contribution < -0.4 is 5.32 Å². The van der Waals surface area contributed by atoms with Crippen molar-refractivity contribution < 1.29 is 9.59 Å². The van der Waals surface area contributed by atoms with Crippen molar-refractivity contribution in [2.75, 3.05) is 7.05 Å². The molecule has 0 spiro atoms. The molecule has 0 unspecified atom stereocenters. The number of carbonyl (C=O) groups is 2. The average molecular weight is 417 g/mol. The molecule has 0 radical (unpaired) electrons. The molecule has 4 nitrogen and oxygen atoms in total. The van der Waals surface area contributed by atoms with Gasteiger partial charge in [0, 0.05) is 24.5 Å². The molecule has 0 heterocycles. The van der Waals surface area contributed by atoms with Crippen LogP contribution in [0.4, 0.5) is 0 Å².